The van der Waals surface area contributed by atoms with E-state index < -0.39 is 15.4 Å². The molecule has 0 aromatic heterocycles. The zero-order valence-electron chi connectivity index (χ0n) is 18.0. The molecule has 0 bridgehead atoms. The largest absolute Gasteiger partial charge is 0.375 e. The number of aryl methyl sites for hydroxylation is 2. The molecular weight excluding hydrogens is 408 g/mol. The van der Waals surface area contributed by atoms with Gasteiger partial charge in [-0.1, -0.05) is 55.5 Å². The molecule has 1 aliphatic heterocycles. The minimum atomic E-state index is -3.00. The summed E-state index contributed by atoms with van der Waals surface area (Å²) < 4.78 is 29.3. The van der Waals surface area contributed by atoms with E-state index in [0.717, 1.165) is 24.8 Å². The van der Waals surface area contributed by atoms with Crippen LogP contribution >= 0.6 is 0 Å². The third-order valence-electron chi connectivity index (χ3n) is 6.63. The molecule has 0 spiro atoms. The van der Waals surface area contributed by atoms with Crippen molar-refractivity contribution in [3.63, 3.8) is 0 Å². The molecule has 2 unspecified atom stereocenters. The van der Waals surface area contributed by atoms with E-state index in [1.165, 1.54) is 16.7 Å². The monoisotopic (exact) mass is 438 g/mol. The van der Waals surface area contributed by atoms with Crippen LogP contribution in [0.25, 0.3) is 0 Å². The molecule has 2 aliphatic rings. The van der Waals surface area contributed by atoms with Gasteiger partial charge in [0.2, 0.25) is 0 Å². The molecule has 6 heteroatoms. The van der Waals surface area contributed by atoms with Crippen molar-refractivity contribution in [2.75, 3.05) is 24.7 Å². The SMILES string of the molecule is CCS(=O)(=O)CCc1ccc2c(c1)C(Cc1ccccc1)C(NC1(C#N)COC1)CC2. The molecule has 5 nitrogen and oxygen atoms in total. The van der Waals surface area contributed by atoms with Gasteiger partial charge in [0, 0.05) is 17.7 Å². The van der Waals surface area contributed by atoms with Gasteiger partial charge >= 0.3 is 0 Å². The summed E-state index contributed by atoms with van der Waals surface area (Å²) in [4.78, 5) is 0. The molecule has 1 N–H and O–H groups in total. The Balaban J connectivity index is 1.63. The number of hydrogen-bond donors (Lipinski definition) is 1. The number of nitrogens with zero attached hydrogens (tertiary/aromatic N) is 1. The number of rotatable bonds is 8. The molecule has 164 valence electrons. The van der Waals surface area contributed by atoms with Crippen LogP contribution in [0, 0.1) is 11.3 Å². The van der Waals surface area contributed by atoms with Crippen molar-refractivity contribution in [1.82, 2.24) is 5.32 Å². The Bertz CT molecular complexity index is 1060. The van der Waals surface area contributed by atoms with Gasteiger partial charge in [0.25, 0.3) is 0 Å². The maximum atomic E-state index is 12.0. The highest BCUT2D eigenvalue weighted by atomic mass is 32.2. The Morgan fingerprint density at radius 2 is 1.94 bits per heavy atom. The molecule has 0 saturated carbocycles. The van der Waals surface area contributed by atoms with E-state index in [2.05, 4.69) is 53.9 Å². The molecule has 1 saturated heterocycles. The minimum absolute atomic E-state index is 0.172. The van der Waals surface area contributed by atoms with Crippen molar-refractivity contribution >= 4 is 9.84 Å². The quantitative estimate of drug-likeness (QED) is 0.685. The Morgan fingerprint density at radius 1 is 1.16 bits per heavy atom. The van der Waals surface area contributed by atoms with Crippen molar-refractivity contribution in [3.05, 3.63) is 70.8 Å². The Labute approximate surface area is 185 Å². The molecule has 2 aromatic rings. The Morgan fingerprint density at radius 3 is 2.58 bits per heavy atom. The number of nitrogens with one attached hydrogen (secondary N) is 1. The molecule has 1 fully saturated rings. The topological polar surface area (TPSA) is 79.2 Å². The normalized spacial score (nSPS) is 22.2. The van der Waals surface area contributed by atoms with Crippen molar-refractivity contribution in [2.24, 2.45) is 0 Å². The molecule has 4 rings (SSSR count). The van der Waals surface area contributed by atoms with Crippen LogP contribution in [0.4, 0.5) is 0 Å². The van der Waals surface area contributed by atoms with Crippen LogP contribution in [-0.4, -0.2) is 44.7 Å². The first-order valence-electron chi connectivity index (χ1n) is 11.1. The Hall–Kier alpha value is -2.20. The van der Waals surface area contributed by atoms with E-state index in [0.29, 0.717) is 19.6 Å². The maximum absolute atomic E-state index is 12.0. The van der Waals surface area contributed by atoms with Crippen LogP contribution in [0.15, 0.2) is 48.5 Å². The molecule has 2 atom stereocenters. The Kier molecular flexibility index (Phi) is 6.47. The van der Waals surface area contributed by atoms with Crippen LogP contribution in [0.5, 0.6) is 0 Å². The first-order chi connectivity index (χ1) is 14.9. The first-order valence-corrected chi connectivity index (χ1v) is 12.9. The summed E-state index contributed by atoms with van der Waals surface area (Å²) in [6.07, 6.45) is 3.34. The van der Waals surface area contributed by atoms with E-state index in [9.17, 15) is 13.7 Å². The van der Waals surface area contributed by atoms with Crippen LogP contribution < -0.4 is 5.32 Å². The van der Waals surface area contributed by atoms with Crippen molar-refractivity contribution < 1.29 is 13.2 Å². The summed E-state index contributed by atoms with van der Waals surface area (Å²) in [5.74, 6) is 0.584. The van der Waals surface area contributed by atoms with Crippen LogP contribution in [0.2, 0.25) is 0 Å². The summed E-state index contributed by atoms with van der Waals surface area (Å²) in [5.41, 5.74) is 4.35. The second-order valence-electron chi connectivity index (χ2n) is 8.79. The lowest BCUT2D eigenvalue weighted by molar-refractivity contribution is -0.0510. The van der Waals surface area contributed by atoms with E-state index in [1.807, 2.05) is 6.07 Å². The molecule has 1 aliphatic carbocycles. The van der Waals surface area contributed by atoms with Crippen molar-refractivity contribution in [3.8, 4) is 6.07 Å². The van der Waals surface area contributed by atoms with E-state index in [-0.39, 0.29) is 23.5 Å². The van der Waals surface area contributed by atoms with Gasteiger partial charge in [0.15, 0.2) is 5.54 Å². The molecule has 2 aromatic carbocycles. The molecule has 0 amide bonds. The zero-order chi connectivity index (χ0) is 21.9. The second kappa shape index (κ2) is 9.12. The van der Waals surface area contributed by atoms with Crippen molar-refractivity contribution in [1.29, 1.82) is 5.26 Å². The van der Waals surface area contributed by atoms with Gasteiger partial charge in [-0.3, -0.25) is 5.32 Å². The number of fused-ring (bicyclic) bond motifs is 1. The number of nitriles is 1. The third-order valence-corrected chi connectivity index (χ3v) is 8.34. The second-order valence-corrected chi connectivity index (χ2v) is 11.3. The lowest BCUT2D eigenvalue weighted by atomic mass is 9.74. The van der Waals surface area contributed by atoms with Gasteiger partial charge in [-0.25, -0.2) is 8.42 Å². The van der Waals surface area contributed by atoms with E-state index in [1.54, 1.807) is 6.92 Å². The predicted molar refractivity (Wildman–Crippen MR) is 122 cm³/mol. The minimum Gasteiger partial charge on any atom is -0.375 e. The fraction of sp³-hybridized carbons (Fsp3) is 0.480. The average Bonchev–Trinajstić information content (AvgIpc) is 2.77. The standard InChI is InChI=1S/C25H30N2O3S/c1-2-31(28,29)13-12-20-8-9-21-10-11-24(27-25(16-26)17-30-18-25)23(22(21)14-20)15-19-6-4-3-5-7-19/h3-9,14,23-24,27H,2,10-13,15,17-18H2,1H3. The maximum Gasteiger partial charge on any atom is 0.154 e. The summed E-state index contributed by atoms with van der Waals surface area (Å²) in [5, 5.41) is 13.3. The number of sulfone groups is 1. The summed E-state index contributed by atoms with van der Waals surface area (Å²) in [6, 6.07) is 19.5. The zero-order valence-corrected chi connectivity index (χ0v) is 18.8. The van der Waals surface area contributed by atoms with Crippen LogP contribution in [0.3, 0.4) is 0 Å². The number of ether oxygens (including phenoxy) is 1. The highest BCUT2D eigenvalue weighted by Gasteiger charge is 2.43. The summed E-state index contributed by atoms with van der Waals surface area (Å²) in [7, 11) is -3.00. The van der Waals surface area contributed by atoms with Crippen LogP contribution in [0.1, 0.15) is 41.5 Å². The number of hydrogen-bond acceptors (Lipinski definition) is 5. The highest BCUT2D eigenvalue weighted by molar-refractivity contribution is 7.91. The van der Waals surface area contributed by atoms with Gasteiger partial charge in [0.1, 0.15) is 9.84 Å². The molecule has 0 radical (unpaired) electrons. The first kappa shape index (κ1) is 22.0. The van der Waals surface area contributed by atoms with Gasteiger partial charge in [-0.05, 0) is 47.9 Å². The van der Waals surface area contributed by atoms with Crippen molar-refractivity contribution in [2.45, 2.75) is 50.1 Å². The fourth-order valence-corrected chi connectivity index (χ4v) is 5.49. The van der Waals surface area contributed by atoms with Gasteiger partial charge < -0.3 is 4.74 Å². The average molecular weight is 439 g/mol. The summed E-state index contributed by atoms with van der Waals surface area (Å²) >= 11 is 0. The van der Waals surface area contributed by atoms with Crippen LogP contribution in [-0.2, 0) is 33.8 Å². The summed E-state index contributed by atoms with van der Waals surface area (Å²) in [6.45, 7) is 2.56. The highest BCUT2D eigenvalue weighted by Crippen LogP contribution is 2.37. The predicted octanol–water partition coefficient (Wildman–Crippen LogP) is 3.19. The third kappa shape index (κ3) is 5.01. The molecular formula is C25H30N2O3S. The molecule has 1 heterocycles. The lowest BCUT2D eigenvalue weighted by Gasteiger charge is -2.43. The number of benzene rings is 2. The lowest BCUT2D eigenvalue weighted by Crippen LogP contribution is -2.63. The van der Waals surface area contributed by atoms with Gasteiger partial charge in [-0.15, -0.1) is 0 Å². The van der Waals surface area contributed by atoms with E-state index in [4.69, 9.17) is 4.74 Å². The van der Waals surface area contributed by atoms with Gasteiger partial charge in [-0.2, -0.15) is 5.26 Å². The smallest absolute Gasteiger partial charge is 0.154 e. The van der Waals surface area contributed by atoms with E-state index >= 15 is 0 Å². The van der Waals surface area contributed by atoms with Gasteiger partial charge in [0.05, 0.1) is 25.0 Å². The molecule has 31 heavy (non-hydrogen) atoms. The fourth-order valence-electron chi connectivity index (χ4n) is 4.65.